The van der Waals surface area contributed by atoms with Gasteiger partial charge in [0.1, 0.15) is 16.9 Å². The second-order valence-electron chi connectivity index (χ2n) is 9.14. The van der Waals surface area contributed by atoms with Crippen LogP contribution < -0.4 is 15.2 Å². The van der Waals surface area contributed by atoms with Crippen LogP contribution in [0.1, 0.15) is 42.0 Å². The summed E-state index contributed by atoms with van der Waals surface area (Å²) in [5.74, 6) is -0.165. The summed E-state index contributed by atoms with van der Waals surface area (Å²) in [7, 11) is -3.81. The normalized spacial score (nSPS) is 23.2. The Morgan fingerprint density at radius 1 is 1.24 bits per heavy atom. The number of alkyl halides is 3. The monoisotopic (exact) mass is 483 g/mol. The van der Waals surface area contributed by atoms with E-state index in [1.807, 2.05) is 0 Å². The highest BCUT2D eigenvalue weighted by molar-refractivity contribution is 7.91. The van der Waals surface area contributed by atoms with Crippen molar-refractivity contribution in [3.8, 4) is 5.88 Å². The van der Waals surface area contributed by atoms with E-state index >= 15 is 0 Å². The predicted octanol–water partition coefficient (Wildman–Crippen LogP) is 3.75. The number of carbonyl (C=O) groups excluding carboxylic acids is 1. The number of halogens is 3. The molecule has 2 atom stereocenters. The zero-order valence-electron chi connectivity index (χ0n) is 18.0. The summed E-state index contributed by atoms with van der Waals surface area (Å²) in [6, 6.07) is 1.35. The Kier molecular flexibility index (Phi) is 5.02. The van der Waals surface area contributed by atoms with Crippen molar-refractivity contribution < 1.29 is 26.9 Å². The average molecular weight is 484 g/mol. The van der Waals surface area contributed by atoms with Gasteiger partial charge in [0.05, 0.1) is 12.7 Å². The van der Waals surface area contributed by atoms with Gasteiger partial charge in [-0.25, -0.2) is 18.8 Å². The maximum atomic E-state index is 13.4. The lowest BCUT2D eigenvalue weighted by Crippen LogP contribution is -2.47. The highest BCUT2D eigenvalue weighted by atomic mass is 32.2. The van der Waals surface area contributed by atoms with Crippen LogP contribution in [0, 0.1) is 5.41 Å². The Labute approximate surface area is 189 Å². The molecule has 0 radical (unpaired) electrons. The minimum atomic E-state index is -4.51. The molecular weight excluding hydrogens is 459 g/mol. The van der Waals surface area contributed by atoms with Crippen molar-refractivity contribution in [1.29, 1.82) is 0 Å². The molecule has 178 valence electrons. The maximum Gasteiger partial charge on any atom is 0.399 e. The van der Waals surface area contributed by atoms with Crippen molar-refractivity contribution in [1.82, 2.24) is 9.78 Å². The van der Waals surface area contributed by atoms with Gasteiger partial charge in [0.15, 0.2) is 9.92 Å². The third-order valence-electron chi connectivity index (χ3n) is 6.71. The number of urea groups is 1. The van der Waals surface area contributed by atoms with Crippen molar-refractivity contribution >= 4 is 21.6 Å². The minimum Gasteiger partial charge on any atom is -0.476 e. The number of ether oxygens (including phenoxy) is 1. The highest BCUT2D eigenvalue weighted by Gasteiger charge is 2.54. The number of nitrogens with one attached hydrogen (secondary N) is 1. The van der Waals surface area contributed by atoms with Crippen molar-refractivity contribution in [3.63, 3.8) is 0 Å². The largest absolute Gasteiger partial charge is 0.476 e. The Hall–Kier alpha value is -2.60. The number of hydrogen-bond acceptors (Lipinski definition) is 4. The first-order valence-electron chi connectivity index (χ1n) is 10.8. The van der Waals surface area contributed by atoms with Crippen molar-refractivity contribution in [2.45, 2.75) is 63.1 Å². The predicted molar refractivity (Wildman–Crippen MR) is 114 cm³/mol. The topological polar surface area (TPSA) is 112 Å². The SMILES string of the molecule is C[C@@]1(C(F)(F)F)COc2c([S@@](N)(=O)=NC(=O)Nc3c4c(cc5c3CCC5)CCC4)cnn2C1. The standard InChI is InChI=1S/C21H24F3N5O3S/c1-20(21(22,23)24)10-29-18(32-11-20)16(9-26-29)33(25,31)28-19(30)27-17-14-6-2-4-12(14)8-13-5-3-7-15(13)17/h8-9H,2-7,10-11H2,1H3,(H3,25,27,28,30,31)/t20-,33-/m0/s1. The van der Waals surface area contributed by atoms with Gasteiger partial charge < -0.3 is 10.1 Å². The lowest BCUT2D eigenvalue weighted by atomic mass is 9.90. The van der Waals surface area contributed by atoms with E-state index in [-0.39, 0.29) is 10.8 Å². The molecule has 2 amide bonds. The van der Waals surface area contributed by atoms with Crippen LogP contribution in [0.5, 0.6) is 5.88 Å². The summed E-state index contributed by atoms with van der Waals surface area (Å²) >= 11 is 0. The number of aromatic nitrogens is 2. The molecule has 2 heterocycles. The molecule has 1 aromatic carbocycles. The molecule has 1 aromatic heterocycles. The lowest BCUT2D eigenvalue weighted by Gasteiger charge is -2.35. The Balaban J connectivity index is 1.44. The van der Waals surface area contributed by atoms with E-state index in [1.54, 1.807) is 0 Å². The molecule has 0 fully saturated rings. The second kappa shape index (κ2) is 7.45. The molecule has 12 heteroatoms. The van der Waals surface area contributed by atoms with E-state index in [9.17, 15) is 22.2 Å². The van der Waals surface area contributed by atoms with Gasteiger partial charge in [-0.05, 0) is 67.7 Å². The maximum absolute atomic E-state index is 13.4. The van der Waals surface area contributed by atoms with Gasteiger partial charge in [-0.15, -0.1) is 4.36 Å². The van der Waals surface area contributed by atoms with Gasteiger partial charge in [0, 0.05) is 5.69 Å². The van der Waals surface area contributed by atoms with Gasteiger partial charge in [-0.1, -0.05) is 6.07 Å². The van der Waals surface area contributed by atoms with Crippen LogP contribution in [0.2, 0.25) is 0 Å². The number of aryl methyl sites for hydroxylation is 2. The molecule has 0 bridgehead atoms. The molecular formula is C21H24F3N5O3S. The molecule has 0 saturated carbocycles. The lowest BCUT2D eigenvalue weighted by molar-refractivity contribution is -0.238. The van der Waals surface area contributed by atoms with Crippen LogP contribution in [-0.2, 0) is 42.1 Å². The average Bonchev–Trinajstić information content (AvgIpc) is 3.45. The molecule has 5 rings (SSSR count). The van der Waals surface area contributed by atoms with Crippen LogP contribution >= 0.6 is 0 Å². The van der Waals surface area contributed by atoms with Gasteiger partial charge in [0.25, 0.3) is 0 Å². The van der Waals surface area contributed by atoms with E-state index in [0.717, 1.165) is 73.1 Å². The summed E-state index contributed by atoms with van der Waals surface area (Å²) < 4.78 is 63.1. The fourth-order valence-electron chi connectivity index (χ4n) is 4.86. The summed E-state index contributed by atoms with van der Waals surface area (Å²) in [5.41, 5.74) is 3.18. The molecule has 8 nitrogen and oxygen atoms in total. The summed E-state index contributed by atoms with van der Waals surface area (Å²) in [5, 5.41) is 12.5. The number of benzene rings is 1. The number of carbonyl (C=O) groups is 1. The molecule has 0 unspecified atom stereocenters. The number of nitrogens with zero attached hydrogens (tertiary/aromatic N) is 3. The van der Waals surface area contributed by atoms with Crippen molar-refractivity contribution in [3.05, 3.63) is 34.5 Å². The first-order chi connectivity index (χ1) is 15.5. The quantitative estimate of drug-likeness (QED) is 0.678. The van der Waals surface area contributed by atoms with Crippen LogP contribution in [0.25, 0.3) is 0 Å². The molecule has 2 aromatic rings. The van der Waals surface area contributed by atoms with Crippen LogP contribution in [0.3, 0.4) is 0 Å². The van der Waals surface area contributed by atoms with E-state index in [0.29, 0.717) is 0 Å². The molecule has 2 aliphatic carbocycles. The summed E-state index contributed by atoms with van der Waals surface area (Å²) in [6.07, 6.45) is 2.14. The molecule has 33 heavy (non-hydrogen) atoms. The van der Waals surface area contributed by atoms with Crippen LogP contribution in [-0.4, -0.2) is 32.8 Å². The number of rotatable bonds is 2. The smallest absolute Gasteiger partial charge is 0.399 e. The van der Waals surface area contributed by atoms with Gasteiger partial charge in [-0.3, -0.25) is 0 Å². The number of hydrogen-bond donors (Lipinski definition) is 2. The fourth-order valence-corrected chi connectivity index (χ4v) is 5.86. The summed E-state index contributed by atoms with van der Waals surface area (Å²) in [4.78, 5) is 12.6. The number of anilines is 1. The van der Waals surface area contributed by atoms with E-state index in [2.05, 4.69) is 20.8 Å². The number of fused-ring (bicyclic) bond motifs is 3. The van der Waals surface area contributed by atoms with Crippen LogP contribution in [0.4, 0.5) is 23.7 Å². The molecule has 3 N–H and O–H groups in total. The molecule has 1 aliphatic heterocycles. The first kappa shape index (κ1) is 22.2. The first-order valence-corrected chi connectivity index (χ1v) is 12.3. The molecule has 3 aliphatic rings. The summed E-state index contributed by atoms with van der Waals surface area (Å²) in [6.45, 7) is -0.180. The third kappa shape index (κ3) is 3.68. The van der Waals surface area contributed by atoms with E-state index in [1.165, 1.54) is 11.1 Å². The minimum absolute atomic E-state index is 0.165. The third-order valence-corrected chi connectivity index (χ3v) is 8.06. The van der Waals surface area contributed by atoms with E-state index < -0.39 is 40.7 Å². The Morgan fingerprint density at radius 2 is 1.88 bits per heavy atom. The number of nitrogens with two attached hydrogens (primary N) is 1. The van der Waals surface area contributed by atoms with Gasteiger partial charge in [0.2, 0.25) is 5.88 Å². The fraction of sp³-hybridized carbons (Fsp3) is 0.524. The molecule has 0 saturated heterocycles. The number of amides is 2. The molecule has 0 spiro atoms. The van der Waals surface area contributed by atoms with Crippen LogP contribution in [0.15, 0.2) is 21.5 Å². The Bertz CT molecular complexity index is 1250. The van der Waals surface area contributed by atoms with Gasteiger partial charge in [-0.2, -0.15) is 18.3 Å². The van der Waals surface area contributed by atoms with Crippen molar-refractivity contribution in [2.24, 2.45) is 14.9 Å². The Morgan fingerprint density at radius 3 is 2.48 bits per heavy atom. The van der Waals surface area contributed by atoms with E-state index in [4.69, 9.17) is 9.88 Å². The highest BCUT2D eigenvalue weighted by Crippen LogP contribution is 2.44. The van der Waals surface area contributed by atoms with Gasteiger partial charge >= 0.3 is 12.2 Å². The van der Waals surface area contributed by atoms with Crippen molar-refractivity contribution in [2.75, 3.05) is 11.9 Å². The zero-order valence-corrected chi connectivity index (χ0v) is 18.8. The zero-order chi connectivity index (χ0) is 23.6. The second-order valence-corrected chi connectivity index (χ2v) is 10.9.